The van der Waals surface area contributed by atoms with E-state index in [4.69, 9.17) is 11.6 Å². The highest BCUT2D eigenvalue weighted by atomic mass is 79.9. The van der Waals surface area contributed by atoms with Crippen LogP contribution in [0.5, 0.6) is 0 Å². The topological polar surface area (TPSA) is 33.2 Å². The van der Waals surface area contributed by atoms with E-state index in [0.717, 1.165) is 19.5 Å². The molecule has 1 atom stereocenters. The molecule has 1 aliphatic rings. The molecular formula is C12H10BrClN2OS2. The number of hydrogen-bond acceptors (Lipinski definition) is 4. The molecule has 3 nitrogen and oxygen atoms in total. The number of alkyl halides is 1. The minimum absolute atomic E-state index is 0.124. The van der Waals surface area contributed by atoms with Crippen LogP contribution < -0.4 is 4.90 Å². The summed E-state index contributed by atoms with van der Waals surface area (Å²) in [5.41, 5.74) is 0.929. The third-order valence-electron chi connectivity index (χ3n) is 2.97. The van der Waals surface area contributed by atoms with Gasteiger partial charge in [-0.25, -0.2) is 4.98 Å². The second-order valence-corrected chi connectivity index (χ2v) is 7.96. The summed E-state index contributed by atoms with van der Waals surface area (Å²) in [7, 11) is 0. The Hall–Kier alpha value is -0.430. The highest BCUT2D eigenvalue weighted by molar-refractivity contribution is 9.11. The first-order chi connectivity index (χ1) is 9.17. The normalized spacial score (nSPS) is 19.4. The Morgan fingerprint density at radius 1 is 1.53 bits per heavy atom. The fraction of sp³-hybridized carbons (Fsp3) is 0.333. The van der Waals surface area contributed by atoms with Crippen molar-refractivity contribution in [2.45, 2.75) is 6.42 Å². The summed E-state index contributed by atoms with van der Waals surface area (Å²) in [4.78, 5) is 19.3. The Morgan fingerprint density at radius 3 is 3.00 bits per heavy atom. The molecule has 0 spiro atoms. The van der Waals surface area contributed by atoms with Crippen molar-refractivity contribution in [1.29, 1.82) is 0 Å². The molecule has 1 saturated heterocycles. The number of carbonyl (C=O) groups excluding carboxylic acids is 1. The summed E-state index contributed by atoms with van der Waals surface area (Å²) in [6.45, 7) is 0.684. The molecule has 3 rings (SSSR count). The lowest BCUT2D eigenvalue weighted by Gasteiger charge is -2.11. The molecular weight excluding hydrogens is 368 g/mol. The predicted molar refractivity (Wildman–Crippen MR) is 84.3 cm³/mol. The van der Waals surface area contributed by atoms with Crippen LogP contribution in [-0.2, 0) is 4.79 Å². The molecule has 100 valence electrons. The quantitative estimate of drug-likeness (QED) is 0.750. The number of halogens is 2. The molecule has 1 unspecified atom stereocenters. The van der Waals surface area contributed by atoms with E-state index < -0.39 is 0 Å². The average molecular weight is 378 g/mol. The van der Waals surface area contributed by atoms with Crippen LogP contribution in [0.3, 0.4) is 0 Å². The number of nitrogens with zero attached hydrogens (tertiary/aromatic N) is 2. The number of thiophene rings is 1. The van der Waals surface area contributed by atoms with E-state index in [-0.39, 0.29) is 11.8 Å². The van der Waals surface area contributed by atoms with Crippen molar-refractivity contribution < 1.29 is 4.79 Å². The van der Waals surface area contributed by atoms with Crippen LogP contribution in [-0.4, -0.2) is 23.3 Å². The van der Waals surface area contributed by atoms with Crippen molar-refractivity contribution in [2.75, 3.05) is 17.3 Å². The molecule has 0 aromatic carbocycles. The van der Waals surface area contributed by atoms with E-state index >= 15 is 0 Å². The number of thiazole rings is 1. The Balaban J connectivity index is 1.84. The van der Waals surface area contributed by atoms with E-state index in [1.807, 2.05) is 17.5 Å². The summed E-state index contributed by atoms with van der Waals surface area (Å²) in [6, 6.07) is 4.03. The van der Waals surface area contributed by atoms with Crippen molar-refractivity contribution in [3.05, 3.63) is 21.3 Å². The fourth-order valence-corrected chi connectivity index (χ4v) is 4.50. The highest BCUT2D eigenvalue weighted by Crippen LogP contribution is 2.35. The largest absolute Gasteiger partial charge is 0.288 e. The Morgan fingerprint density at radius 2 is 2.37 bits per heavy atom. The van der Waals surface area contributed by atoms with E-state index in [0.29, 0.717) is 18.8 Å². The van der Waals surface area contributed by atoms with Gasteiger partial charge in [0, 0.05) is 24.2 Å². The van der Waals surface area contributed by atoms with Crippen LogP contribution in [0, 0.1) is 5.92 Å². The van der Waals surface area contributed by atoms with E-state index in [1.54, 1.807) is 16.2 Å². The maximum Gasteiger partial charge on any atom is 0.229 e. The van der Waals surface area contributed by atoms with Gasteiger partial charge in [-0.1, -0.05) is 0 Å². The number of aromatic nitrogens is 1. The second-order valence-electron chi connectivity index (χ2n) is 4.35. The van der Waals surface area contributed by atoms with E-state index in [9.17, 15) is 4.79 Å². The molecule has 19 heavy (non-hydrogen) atoms. The maximum absolute atomic E-state index is 11.9. The minimum Gasteiger partial charge on any atom is -0.288 e. The average Bonchev–Trinajstić information content (AvgIpc) is 3.07. The van der Waals surface area contributed by atoms with Gasteiger partial charge in [0.15, 0.2) is 5.13 Å². The molecule has 1 fully saturated rings. The molecule has 3 heterocycles. The van der Waals surface area contributed by atoms with Crippen LogP contribution in [0.1, 0.15) is 6.42 Å². The molecule has 7 heteroatoms. The Kier molecular flexibility index (Phi) is 3.93. The third-order valence-corrected chi connectivity index (χ3v) is 5.92. The zero-order valence-electron chi connectivity index (χ0n) is 9.81. The van der Waals surface area contributed by atoms with E-state index in [2.05, 4.69) is 20.9 Å². The van der Waals surface area contributed by atoms with Crippen LogP contribution in [0.2, 0.25) is 0 Å². The van der Waals surface area contributed by atoms with Gasteiger partial charge in [0.25, 0.3) is 0 Å². The van der Waals surface area contributed by atoms with Gasteiger partial charge in [-0.05, 0) is 34.0 Å². The van der Waals surface area contributed by atoms with Crippen molar-refractivity contribution in [1.82, 2.24) is 4.98 Å². The summed E-state index contributed by atoms with van der Waals surface area (Å²) in [5.74, 6) is 0.898. The van der Waals surface area contributed by atoms with Gasteiger partial charge in [-0.15, -0.1) is 34.3 Å². The van der Waals surface area contributed by atoms with E-state index in [1.165, 1.54) is 11.3 Å². The molecule has 2 aromatic heterocycles. The van der Waals surface area contributed by atoms with Gasteiger partial charge >= 0.3 is 0 Å². The van der Waals surface area contributed by atoms with Gasteiger partial charge in [-0.3, -0.25) is 9.69 Å². The van der Waals surface area contributed by atoms with Crippen molar-refractivity contribution in [2.24, 2.45) is 5.92 Å². The smallest absolute Gasteiger partial charge is 0.229 e. The molecule has 1 aliphatic heterocycles. The molecule has 0 N–H and O–H groups in total. The summed E-state index contributed by atoms with van der Waals surface area (Å²) in [6.07, 6.45) is 0.531. The van der Waals surface area contributed by atoms with Crippen molar-refractivity contribution in [3.63, 3.8) is 0 Å². The van der Waals surface area contributed by atoms with Gasteiger partial charge in [0.1, 0.15) is 0 Å². The van der Waals surface area contributed by atoms with Gasteiger partial charge in [0.05, 0.1) is 14.4 Å². The lowest BCUT2D eigenvalue weighted by atomic mass is 10.2. The number of hydrogen-bond donors (Lipinski definition) is 0. The Bertz CT molecular complexity index is 612. The first-order valence-electron chi connectivity index (χ1n) is 5.75. The number of rotatable bonds is 3. The minimum atomic E-state index is 0.124. The summed E-state index contributed by atoms with van der Waals surface area (Å²) >= 11 is 12.4. The zero-order chi connectivity index (χ0) is 13.4. The first-order valence-corrected chi connectivity index (χ1v) is 8.77. The summed E-state index contributed by atoms with van der Waals surface area (Å²) in [5, 5.41) is 2.77. The zero-order valence-corrected chi connectivity index (χ0v) is 13.8. The number of carbonyl (C=O) groups is 1. The lowest BCUT2D eigenvalue weighted by molar-refractivity contribution is -0.117. The number of anilines is 1. The molecule has 0 radical (unpaired) electrons. The first kappa shape index (κ1) is 13.5. The van der Waals surface area contributed by atoms with Crippen molar-refractivity contribution >= 4 is 61.2 Å². The third kappa shape index (κ3) is 2.72. The number of amides is 1. The molecule has 0 bridgehead atoms. The van der Waals surface area contributed by atoms with Gasteiger partial charge in [-0.2, -0.15) is 0 Å². The predicted octanol–water partition coefficient (Wildman–Crippen LogP) is 4.23. The lowest BCUT2D eigenvalue weighted by Crippen LogP contribution is -2.24. The molecule has 0 saturated carbocycles. The Labute approximate surface area is 132 Å². The highest BCUT2D eigenvalue weighted by Gasteiger charge is 2.31. The SMILES string of the molecule is O=C1CC(CCl)CN1c1nc(-c2ccc(Br)s2)cs1. The molecule has 0 aliphatic carbocycles. The molecule has 2 aromatic rings. The van der Waals surface area contributed by atoms with Crippen LogP contribution in [0.25, 0.3) is 10.6 Å². The fourth-order valence-electron chi connectivity index (χ4n) is 2.02. The molecule has 1 amide bonds. The standard InChI is InChI=1S/C12H10BrClN2OS2/c13-10-2-1-9(19-10)8-6-18-12(15-8)16-5-7(4-14)3-11(16)17/h1-2,6-7H,3-5H2. The summed E-state index contributed by atoms with van der Waals surface area (Å²) < 4.78 is 1.08. The van der Waals surface area contributed by atoms with Gasteiger partial charge < -0.3 is 0 Å². The van der Waals surface area contributed by atoms with Crippen LogP contribution in [0.4, 0.5) is 5.13 Å². The van der Waals surface area contributed by atoms with Crippen LogP contribution in [0.15, 0.2) is 21.3 Å². The van der Waals surface area contributed by atoms with Gasteiger partial charge in [0.2, 0.25) is 5.91 Å². The van der Waals surface area contributed by atoms with Crippen LogP contribution >= 0.6 is 50.2 Å². The van der Waals surface area contributed by atoms with Crippen molar-refractivity contribution in [3.8, 4) is 10.6 Å². The second kappa shape index (κ2) is 5.52. The maximum atomic E-state index is 11.9. The monoisotopic (exact) mass is 376 g/mol.